The molecule has 0 bridgehead atoms. The molecule has 0 aliphatic carbocycles. The molecule has 13 heavy (non-hydrogen) atoms. The van der Waals surface area contributed by atoms with Crippen molar-refractivity contribution in [2.45, 2.75) is 4.90 Å². The summed E-state index contributed by atoms with van der Waals surface area (Å²) in [5.41, 5.74) is 0.703. The number of ether oxygens (including phenoxy) is 1. The number of carbonyl (C=O) groups is 1. The van der Waals surface area contributed by atoms with Crippen molar-refractivity contribution in [3.63, 3.8) is 0 Å². The highest BCUT2D eigenvalue weighted by Crippen LogP contribution is 2.31. The number of hydrogen-bond donors (Lipinski definition) is 1. The van der Waals surface area contributed by atoms with Crippen molar-refractivity contribution in [2.75, 3.05) is 13.7 Å². The molecule has 0 amide bonds. The molecular weight excluding hydrogens is 186 g/mol. The van der Waals surface area contributed by atoms with Crippen molar-refractivity contribution in [1.82, 2.24) is 4.72 Å². The third-order valence-electron chi connectivity index (χ3n) is 1.90. The number of carbonyl (C=O) groups excluding carboxylic acids is 1. The fourth-order valence-corrected chi connectivity index (χ4v) is 2.13. The molecule has 1 aromatic carbocycles. The van der Waals surface area contributed by atoms with E-state index in [2.05, 4.69) is 4.72 Å². The summed E-state index contributed by atoms with van der Waals surface area (Å²) >= 11 is 1.47. The molecule has 1 aromatic rings. The Hall–Kier alpha value is -1.00. The second-order valence-electron chi connectivity index (χ2n) is 2.68. The molecule has 68 valence electrons. The number of ketones is 1. The maximum atomic E-state index is 11.5. The van der Waals surface area contributed by atoms with Crippen LogP contribution in [0.4, 0.5) is 0 Å². The largest absolute Gasteiger partial charge is 0.496 e. The molecule has 0 atom stereocenters. The Labute approximate surface area is 80.6 Å². The van der Waals surface area contributed by atoms with E-state index in [0.29, 0.717) is 17.9 Å². The summed E-state index contributed by atoms with van der Waals surface area (Å²) in [6.07, 6.45) is 0. The lowest BCUT2D eigenvalue weighted by molar-refractivity contribution is 0.0989. The van der Waals surface area contributed by atoms with Gasteiger partial charge in [0.25, 0.3) is 0 Å². The van der Waals surface area contributed by atoms with Crippen LogP contribution in [0.25, 0.3) is 0 Å². The van der Waals surface area contributed by atoms with Gasteiger partial charge in [0, 0.05) is 4.90 Å². The van der Waals surface area contributed by atoms with Gasteiger partial charge in [-0.2, -0.15) is 0 Å². The Morgan fingerprint density at radius 2 is 2.38 bits per heavy atom. The molecule has 1 aliphatic rings. The maximum absolute atomic E-state index is 11.5. The predicted octanol–water partition coefficient (Wildman–Crippen LogP) is 1.49. The third-order valence-corrected chi connectivity index (χ3v) is 2.75. The highest BCUT2D eigenvalue weighted by Gasteiger charge is 2.21. The van der Waals surface area contributed by atoms with E-state index >= 15 is 0 Å². The predicted molar refractivity (Wildman–Crippen MR) is 51.2 cm³/mol. The lowest BCUT2D eigenvalue weighted by atomic mass is 10.1. The van der Waals surface area contributed by atoms with Gasteiger partial charge < -0.3 is 4.74 Å². The van der Waals surface area contributed by atoms with E-state index in [-0.39, 0.29) is 5.78 Å². The first kappa shape index (κ1) is 8.59. The van der Waals surface area contributed by atoms with Gasteiger partial charge in [-0.25, -0.2) is 0 Å². The van der Waals surface area contributed by atoms with E-state index in [1.54, 1.807) is 7.11 Å². The smallest absolute Gasteiger partial charge is 0.182 e. The molecule has 0 saturated carbocycles. The molecule has 2 rings (SSSR count). The van der Waals surface area contributed by atoms with Gasteiger partial charge in [0.05, 0.1) is 19.2 Å². The minimum Gasteiger partial charge on any atom is -0.496 e. The molecule has 1 aliphatic heterocycles. The summed E-state index contributed by atoms with van der Waals surface area (Å²) in [7, 11) is 1.58. The standard InChI is InChI=1S/C9H9NO2S/c1-12-7-3-2-4-8-9(7)6(11)5-10-13-8/h2-4,10H,5H2,1H3. The van der Waals surface area contributed by atoms with Crippen molar-refractivity contribution in [3.8, 4) is 5.75 Å². The number of hydrogen-bond acceptors (Lipinski definition) is 4. The summed E-state index contributed by atoms with van der Waals surface area (Å²) in [5.74, 6) is 0.753. The summed E-state index contributed by atoms with van der Waals surface area (Å²) < 4.78 is 8.07. The highest BCUT2D eigenvalue weighted by molar-refractivity contribution is 7.97. The summed E-state index contributed by atoms with van der Waals surface area (Å²) in [5, 5.41) is 0. The van der Waals surface area contributed by atoms with Gasteiger partial charge in [-0.05, 0) is 24.1 Å². The maximum Gasteiger partial charge on any atom is 0.182 e. The van der Waals surface area contributed by atoms with Gasteiger partial charge in [0.2, 0.25) is 0 Å². The number of nitrogens with one attached hydrogen (secondary N) is 1. The average molecular weight is 195 g/mol. The molecule has 1 heterocycles. The Bertz CT molecular complexity index is 337. The topological polar surface area (TPSA) is 38.3 Å². The second-order valence-corrected chi connectivity index (χ2v) is 3.61. The van der Waals surface area contributed by atoms with Crippen molar-refractivity contribution in [2.24, 2.45) is 0 Å². The molecule has 1 N–H and O–H groups in total. The van der Waals surface area contributed by atoms with Crippen LogP contribution in [0.1, 0.15) is 10.4 Å². The Morgan fingerprint density at radius 1 is 1.54 bits per heavy atom. The monoisotopic (exact) mass is 195 g/mol. The van der Waals surface area contributed by atoms with Crippen LogP contribution in [-0.4, -0.2) is 19.4 Å². The Balaban J connectivity index is 2.56. The van der Waals surface area contributed by atoms with E-state index in [4.69, 9.17) is 4.74 Å². The number of fused-ring (bicyclic) bond motifs is 1. The SMILES string of the molecule is COc1cccc2c1C(=O)CNS2. The van der Waals surface area contributed by atoms with E-state index in [0.717, 1.165) is 4.90 Å². The average Bonchev–Trinajstić information content (AvgIpc) is 2.17. The lowest BCUT2D eigenvalue weighted by Gasteiger charge is -2.16. The molecule has 0 saturated heterocycles. The van der Waals surface area contributed by atoms with Crippen LogP contribution in [0.5, 0.6) is 5.75 Å². The summed E-state index contributed by atoms with van der Waals surface area (Å²) in [6, 6.07) is 5.60. The van der Waals surface area contributed by atoms with Gasteiger partial charge in [0.1, 0.15) is 5.75 Å². The van der Waals surface area contributed by atoms with Crippen LogP contribution in [0.15, 0.2) is 23.1 Å². The molecule has 0 aromatic heterocycles. The quantitative estimate of drug-likeness (QED) is 0.689. The number of methoxy groups -OCH3 is 1. The first-order chi connectivity index (χ1) is 6.33. The molecule has 0 unspecified atom stereocenters. The number of rotatable bonds is 1. The van der Waals surface area contributed by atoms with Gasteiger partial charge in [-0.3, -0.25) is 9.52 Å². The van der Waals surface area contributed by atoms with Crippen LogP contribution in [0.2, 0.25) is 0 Å². The summed E-state index contributed by atoms with van der Waals surface area (Å²) in [4.78, 5) is 12.4. The van der Waals surface area contributed by atoms with E-state index < -0.39 is 0 Å². The Kier molecular flexibility index (Phi) is 2.24. The minimum atomic E-state index is 0.0891. The normalized spacial score (nSPS) is 15.3. The molecule has 0 radical (unpaired) electrons. The van der Waals surface area contributed by atoms with E-state index in [1.807, 2.05) is 18.2 Å². The van der Waals surface area contributed by atoms with Crippen molar-refractivity contribution in [3.05, 3.63) is 23.8 Å². The second kappa shape index (κ2) is 3.40. The zero-order valence-electron chi connectivity index (χ0n) is 7.16. The van der Waals surface area contributed by atoms with E-state index in [9.17, 15) is 4.79 Å². The fraction of sp³-hybridized carbons (Fsp3) is 0.222. The molecule has 0 spiro atoms. The third kappa shape index (κ3) is 1.43. The number of benzene rings is 1. The summed E-state index contributed by atoms with van der Waals surface area (Å²) in [6.45, 7) is 0.373. The molecule has 4 heteroatoms. The number of Topliss-reactive ketones (excluding diaryl/α,β-unsaturated/α-hetero) is 1. The van der Waals surface area contributed by atoms with Crippen LogP contribution in [0.3, 0.4) is 0 Å². The fourth-order valence-electron chi connectivity index (χ4n) is 1.31. The van der Waals surface area contributed by atoms with Gasteiger partial charge in [-0.1, -0.05) is 6.07 Å². The highest BCUT2D eigenvalue weighted by atomic mass is 32.2. The van der Waals surface area contributed by atoms with Crippen molar-refractivity contribution in [1.29, 1.82) is 0 Å². The van der Waals surface area contributed by atoms with Crippen LogP contribution in [-0.2, 0) is 0 Å². The van der Waals surface area contributed by atoms with Crippen molar-refractivity contribution >= 4 is 17.7 Å². The van der Waals surface area contributed by atoms with Crippen LogP contribution >= 0.6 is 11.9 Å². The first-order valence-electron chi connectivity index (χ1n) is 3.93. The first-order valence-corrected chi connectivity index (χ1v) is 4.74. The van der Waals surface area contributed by atoms with Crippen molar-refractivity contribution < 1.29 is 9.53 Å². The van der Waals surface area contributed by atoms with Crippen LogP contribution in [0, 0.1) is 0 Å². The zero-order valence-corrected chi connectivity index (χ0v) is 7.98. The van der Waals surface area contributed by atoms with Gasteiger partial charge in [-0.15, -0.1) is 0 Å². The van der Waals surface area contributed by atoms with Gasteiger partial charge in [0.15, 0.2) is 5.78 Å². The molecular formula is C9H9NO2S. The molecule has 3 nitrogen and oxygen atoms in total. The van der Waals surface area contributed by atoms with E-state index in [1.165, 1.54) is 11.9 Å². The zero-order chi connectivity index (χ0) is 9.26. The van der Waals surface area contributed by atoms with Crippen LogP contribution < -0.4 is 9.46 Å². The minimum absolute atomic E-state index is 0.0891. The lowest BCUT2D eigenvalue weighted by Crippen LogP contribution is -2.23. The molecule has 0 fully saturated rings. The van der Waals surface area contributed by atoms with Gasteiger partial charge >= 0.3 is 0 Å². The Morgan fingerprint density at radius 3 is 3.15 bits per heavy atom.